The Bertz CT molecular complexity index is 572. The van der Waals surface area contributed by atoms with Gasteiger partial charge < -0.3 is 17.2 Å². The Morgan fingerprint density at radius 1 is 1.37 bits per heavy atom. The number of aromatic nitrogens is 1. The highest BCUT2D eigenvalue weighted by Gasteiger charge is 2.17. The van der Waals surface area contributed by atoms with Gasteiger partial charge in [0.1, 0.15) is 0 Å². The summed E-state index contributed by atoms with van der Waals surface area (Å²) in [6, 6.07) is 1.79. The number of hydrogen-bond acceptors (Lipinski definition) is 2. The number of allylic oxidation sites excluding steroid dienone is 1. The van der Waals surface area contributed by atoms with Gasteiger partial charge in [0, 0.05) is 24.7 Å². The van der Waals surface area contributed by atoms with Crippen molar-refractivity contribution in [3.8, 4) is 0 Å². The zero-order chi connectivity index (χ0) is 13.8. The molecular formula is C12H15ClN6. The van der Waals surface area contributed by atoms with Gasteiger partial charge in [-0.15, -0.1) is 0 Å². The molecule has 1 aliphatic rings. The van der Waals surface area contributed by atoms with E-state index in [0.717, 1.165) is 34.7 Å². The minimum absolute atomic E-state index is 0.0797. The number of guanidine groups is 2. The Morgan fingerprint density at radius 3 is 2.89 bits per heavy atom. The van der Waals surface area contributed by atoms with E-state index >= 15 is 0 Å². The van der Waals surface area contributed by atoms with Crippen molar-refractivity contribution in [1.82, 2.24) is 4.98 Å². The summed E-state index contributed by atoms with van der Waals surface area (Å²) in [6.45, 7) is 0.499. The third-order valence-electron chi connectivity index (χ3n) is 2.74. The Balaban J connectivity index is 2.03. The number of nitrogens with two attached hydrogens (primary N) is 3. The predicted molar refractivity (Wildman–Crippen MR) is 77.8 cm³/mol. The maximum atomic E-state index is 6.18. The lowest BCUT2D eigenvalue weighted by molar-refractivity contribution is 1.01. The van der Waals surface area contributed by atoms with Gasteiger partial charge in [-0.2, -0.15) is 4.99 Å². The highest BCUT2D eigenvalue weighted by atomic mass is 35.5. The van der Waals surface area contributed by atoms with Crippen molar-refractivity contribution >= 4 is 29.1 Å². The summed E-state index contributed by atoms with van der Waals surface area (Å²) in [5.41, 5.74) is 19.1. The number of hydrogen-bond donors (Lipinski definition) is 3. The monoisotopic (exact) mass is 278 g/mol. The van der Waals surface area contributed by atoms with Crippen LogP contribution in [0.5, 0.6) is 0 Å². The van der Waals surface area contributed by atoms with E-state index in [0.29, 0.717) is 6.54 Å². The lowest BCUT2D eigenvalue weighted by Gasteiger charge is -2.05. The van der Waals surface area contributed by atoms with E-state index < -0.39 is 0 Å². The molecule has 7 heteroatoms. The molecular weight excluding hydrogens is 264 g/mol. The topological polar surface area (TPSA) is 116 Å². The molecule has 100 valence electrons. The quantitative estimate of drug-likeness (QED) is 0.556. The van der Waals surface area contributed by atoms with E-state index in [-0.39, 0.29) is 11.9 Å². The Hall–Kier alpha value is -2.08. The molecule has 0 saturated heterocycles. The molecule has 2 rings (SSSR count). The van der Waals surface area contributed by atoms with Crippen LogP contribution in [-0.2, 0) is 6.42 Å². The van der Waals surface area contributed by atoms with Crippen molar-refractivity contribution in [2.24, 2.45) is 27.2 Å². The summed E-state index contributed by atoms with van der Waals surface area (Å²) in [7, 11) is 0. The first-order valence-electron chi connectivity index (χ1n) is 5.80. The second kappa shape index (κ2) is 5.71. The molecule has 0 aliphatic heterocycles. The third kappa shape index (κ3) is 3.23. The standard InChI is InChI=1S/C12H15ClN6/c13-8-4-6-17-9-2-1-7(10(8)9)3-5-18-12(16)19-11(14)15/h1,4,6H,2-3,5H2,(H6,14,15,16,18,19). The van der Waals surface area contributed by atoms with Crippen LogP contribution < -0.4 is 17.2 Å². The molecule has 0 bridgehead atoms. The van der Waals surface area contributed by atoms with Gasteiger partial charge in [-0.1, -0.05) is 17.7 Å². The van der Waals surface area contributed by atoms with Crippen LogP contribution in [-0.4, -0.2) is 23.4 Å². The van der Waals surface area contributed by atoms with Gasteiger partial charge in [-0.3, -0.25) is 9.98 Å². The predicted octanol–water partition coefficient (Wildman–Crippen LogP) is 0.653. The minimum Gasteiger partial charge on any atom is -0.370 e. The van der Waals surface area contributed by atoms with Gasteiger partial charge in [0.15, 0.2) is 5.96 Å². The number of fused-ring (bicyclic) bond motifs is 1. The fourth-order valence-electron chi connectivity index (χ4n) is 1.98. The number of aliphatic imine (C=N–C) groups is 2. The van der Waals surface area contributed by atoms with Crippen LogP contribution in [0.4, 0.5) is 0 Å². The molecule has 0 spiro atoms. The first-order chi connectivity index (χ1) is 9.08. The highest BCUT2D eigenvalue weighted by Crippen LogP contribution is 2.33. The van der Waals surface area contributed by atoms with Gasteiger partial charge >= 0.3 is 0 Å². The smallest absolute Gasteiger partial charge is 0.218 e. The summed E-state index contributed by atoms with van der Waals surface area (Å²) in [6.07, 6.45) is 5.35. The first kappa shape index (κ1) is 13.4. The molecule has 6 nitrogen and oxygen atoms in total. The molecule has 1 aromatic rings. The summed E-state index contributed by atoms with van der Waals surface area (Å²) in [5.74, 6) is -0.0185. The van der Waals surface area contributed by atoms with Crippen LogP contribution in [0.15, 0.2) is 28.3 Å². The van der Waals surface area contributed by atoms with Crippen LogP contribution in [0.3, 0.4) is 0 Å². The van der Waals surface area contributed by atoms with Crippen molar-refractivity contribution in [2.45, 2.75) is 12.8 Å². The van der Waals surface area contributed by atoms with E-state index in [2.05, 4.69) is 21.0 Å². The molecule has 1 aromatic heterocycles. The maximum Gasteiger partial charge on any atom is 0.218 e. The SMILES string of the molecule is NC(N)=NC(N)=NCCC1=CCc2nccc(Cl)c21. The van der Waals surface area contributed by atoms with E-state index in [1.54, 1.807) is 12.3 Å². The summed E-state index contributed by atoms with van der Waals surface area (Å²) in [4.78, 5) is 12.0. The molecule has 0 aromatic carbocycles. The zero-order valence-corrected chi connectivity index (χ0v) is 11.1. The molecule has 0 atom stereocenters. The third-order valence-corrected chi connectivity index (χ3v) is 3.06. The fraction of sp³-hybridized carbons (Fsp3) is 0.250. The van der Waals surface area contributed by atoms with Crippen molar-refractivity contribution < 1.29 is 0 Å². The van der Waals surface area contributed by atoms with E-state index in [1.165, 1.54) is 0 Å². The van der Waals surface area contributed by atoms with Crippen LogP contribution in [0.1, 0.15) is 17.7 Å². The normalized spacial score (nSPS) is 13.9. The molecule has 0 unspecified atom stereocenters. The van der Waals surface area contributed by atoms with Crippen LogP contribution in [0, 0.1) is 0 Å². The van der Waals surface area contributed by atoms with Crippen molar-refractivity contribution in [3.63, 3.8) is 0 Å². The molecule has 0 radical (unpaired) electrons. The largest absolute Gasteiger partial charge is 0.370 e. The van der Waals surface area contributed by atoms with Gasteiger partial charge in [0.25, 0.3) is 0 Å². The molecule has 1 aliphatic carbocycles. The number of rotatable bonds is 3. The average molecular weight is 279 g/mol. The van der Waals surface area contributed by atoms with E-state index in [4.69, 9.17) is 28.8 Å². The molecule has 0 fully saturated rings. The molecule has 19 heavy (non-hydrogen) atoms. The van der Waals surface area contributed by atoms with Gasteiger partial charge in [0.05, 0.1) is 10.7 Å². The Morgan fingerprint density at radius 2 is 2.16 bits per heavy atom. The fourth-order valence-corrected chi connectivity index (χ4v) is 2.27. The number of nitrogens with zero attached hydrogens (tertiary/aromatic N) is 3. The zero-order valence-electron chi connectivity index (χ0n) is 10.3. The molecule has 1 heterocycles. The minimum atomic E-state index is -0.0982. The lowest BCUT2D eigenvalue weighted by Crippen LogP contribution is -2.26. The highest BCUT2D eigenvalue weighted by molar-refractivity contribution is 6.32. The second-order valence-electron chi connectivity index (χ2n) is 4.07. The molecule has 6 N–H and O–H groups in total. The van der Waals surface area contributed by atoms with E-state index in [9.17, 15) is 0 Å². The van der Waals surface area contributed by atoms with Crippen LogP contribution >= 0.6 is 11.6 Å². The Kier molecular flexibility index (Phi) is 4.01. The molecule has 0 amide bonds. The van der Waals surface area contributed by atoms with Crippen LogP contribution in [0.25, 0.3) is 5.57 Å². The second-order valence-corrected chi connectivity index (χ2v) is 4.48. The number of halogens is 1. The van der Waals surface area contributed by atoms with Crippen LogP contribution in [0.2, 0.25) is 5.02 Å². The van der Waals surface area contributed by atoms with Crippen molar-refractivity contribution in [1.29, 1.82) is 0 Å². The first-order valence-corrected chi connectivity index (χ1v) is 6.18. The van der Waals surface area contributed by atoms with Gasteiger partial charge in [-0.05, 0) is 18.1 Å². The molecule has 0 saturated carbocycles. The summed E-state index contributed by atoms with van der Waals surface area (Å²) < 4.78 is 0. The maximum absolute atomic E-state index is 6.18. The van der Waals surface area contributed by atoms with Crippen molar-refractivity contribution in [3.05, 3.63) is 34.6 Å². The summed E-state index contributed by atoms with van der Waals surface area (Å²) >= 11 is 6.18. The Labute approximate surface area is 116 Å². The average Bonchev–Trinajstić information content (AvgIpc) is 2.73. The van der Waals surface area contributed by atoms with Crippen molar-refractivity contribution in [2.75, 3.05) is 6.54 Å². The van der Waals surface area contributed by atoms with Gasteiger partial charge in [0.2, 0.25) is 5.96 Å². The lowest BCUT2D eigenvalue weighted by atomic mass is 10.1. The van der Waals surface area contributed by atoms with E-state index in [1.807, 2.05) is 0 Å². The summed E-state index contributed by atoms with van der Waals surface area (Å²) in [5, 5.41) is 0.718. The number of pyridine rings is 1. The van der Waals surface area contributed by atoms with Gasteiger partial charge in [-0.25, -0.2) is 0 Å².